The summed E-state index contributed by atoms with van der Waals surface area (Å²) in [6, 6.07) is 12.3. The van der Waals surface area contributed by atoms with Crippen molar-refractivity contribution in [2.75, 3.05) is 0 Å². The lowest BCUT2D eigenvalue weighted by Crippen LogP contribution is -1.86. The molecule has 82 valence electrons. The summed E-state index contributed by atoms with van der Waals surface area (Å²) in [6.07, 6.45) is 0. The van der Waals surface area contributed by atoms with Crippen molar-refractivity contribution in [3.63, 3.8) is 0 Å². The highest BCUT2D eigenvalue weighted by Gasteiger charge is 2.05. The summed E-state index contributed by atoms with van der Waals surface area (Å²) >= 11 is 0. The molecule has 0 aliphatic carbocycles. The zero-order chi connectivity index (χ0) is 11.7. The zero-order valence-corrected chi connectivity index (χ0v) is 9.91. The number of benzene rings is 2. The first-order valence-corrected chi connectivity index (χ1v) is 5.45. The van der Waals surface area contributed by atoms with E-state index in [1.807, 2.05) is 26.0 Å². The Labute approximate surface area is 96.4 Å². The normalized spacial score (nSPS) is 10.4. The van der Waals surface area contributed by atoms with Gasteiger partial charge in [0.2, 0.25) is 0 Å². The predicted octanol–water partition coefficient (Wildman–Crippen LogP) is 3.98. The lowest BCUT2D eigenvalue weighted by atomic mass is 9.97. The van der Waals surface area contributed by atoms with E-state index in [0.29, 0.717) is 5.75 Å². The highest BCUT2D eigenvalue weighted by atomic mass is 16.3. The second-order valence-electron chi connectivity index (χ2n) is 4.32. The quantitative estimate of drug-likeness (QED) is 0.758. The molecule has 0 atom stereocenters. The Morgan fingerprint density at radius 3 is 2.06 bits per heavy atom. The lowest BCUT2D eigenvalue weighted by Gasteiger charge is -2.09. The first-order chi connectivity index (χ1) is 7.58. The van der Waals surface area contributed by atoms with Gasteiger partial charge in [-0.1, -0.05) is 29.8 Å². The van der Waals surface area contributed by atoms with Crippen molar-refractivity contribution in [3.05, 3.63) is 53.1 Å². The van der Waals surface area contributed by atoms with Crippen LogP contribution in [0.1, 0.15) is 16.7 Å². The minimum atomic E-state index is 0.369. The van der Waals surface area contributed by atoms with Crippen LogP contribution < -0.4 is 0 Å². The van der Waals surface area contributed by atoms with Crippen LogP contribution in [0, 0.1) is 20.8 Å². The van der Waals surface area contributed by atoms with Crippen LogP contribution in [0.5, 0.6) is 5.75 Å². The van der Waals surface area contributed by atoms with Crippen LogP contribution in [0.2, 0.25) is 0 Å². The number of phenols is 1. The van der Waals surface area contributed by atoms with E-state index in [-0.39, 0.29) is 0 Å². The molecule has 0 bridgehead atoms. The number of hydrogen-bond donors (Lipinski definition) is 1. The van der Waals surface area contributed by atoms with Gasteiger partial charge in [0.25, 0.3) is 0 Å². The summed E-state index contributed by atoms with van der Waals surface area (Å²) in [4.78, 5) is 0. The molecular formula is C15H16O. The Bertz CT molecular complexity index is 510. The molecule has 1 N–H and O–H groups in total. The van der Waals surface area contributed by atoms with Crippen LogP contribution in [0.4, 0.5) is 0 Å². The van der Waals surface area contributed by atoms with E-state index in [9.17, 15) is 5.11 Å². The van der Waals surface area contributed by atoms with E-state index < -0.39 is 0 Å². The van der Waals surface area contributed by atoms with Gasteiger partial charge < -0.3 is 5.11 Å². The van der Waals surface area contributed by atoms with Crippen LogP contribution in [0.15, 0.2) is 36.4 Å². The summed E-state index contributed by atoms with van der Waals surface area (Å²) in [5.74, 6) is 0.369. The maximum absolute atomic E-state index is 9.62. The number of aryl methyl sites for hydroxylation is 3. The van der Waals surface area contributed by atoms with E-state index in [2.05, 4.69) is 31.2 Å². The summed E-state index contributed by atoms with van der Waals surface area (Å²) < 4.78 is 0. The largest absolute Gasteiger partial charge is 0.508 e. The van der Waals surface area contributed by atoms with Crippen molar-refractivity contribution >= 4 is 0 Å². The van der Waals surface area contributed by atoms with Gasteiger partial charge in [-0.25, -0.2) is 0 Å². The molecule has 0 aliphatic rings. The SMILES string of the molecule is Cc1ccc(-c2cc(C)c(O)cc2C)cc1. The first-order valence-electron chi connectivity index (χ1n) is 5.45. The maximum atomic E-state index is 9.62. The van der Waals surface area contributed by atoms with Crippen molar-refractivity contribution in [3.8, 4) is 16.9 Å². The number of phenolic OH excluding ortho intramolecular Hbond substituents is 1. The van der Waals surface area contributed by atoms with Gasteiger partial charge in [0, 0.05) is 0 Å². The molecule has 2 rings (SSSR count). The van der Waals surface area contributed by atoms with E-state index in [1.54, 1.807) is 0 Å². The fourth-order valence-electron chi connectivity index (χ4n) is 1.85. The molecule has 0 aliphatic heterocycles. The first kappa shape index (κ1) is 10.7. The number of rotatable bonds is 1. The van der Waals surface area contributed by atoms with Gasteiger partial charge in [0.15, 0.2) is 0 Å². The van der Waals surface area contributed by atoms with Gasteiger partial charge in [-0.15, -0.1) is 0 Å². The maximum Gasteiger partial charge on any atom is 0.118 e. The molecule has 0 unspecified atom stereocenters. The van der Waals surface area contributed by atoms with Gasteiger partial charge in [-0.05, 0) is 55.2 Å². The average molecular weight is 212 g/mol. The molecule has 0 saturated heterocycles. The molecule has 0 amide bonds. The fraction of sp³-hybridized carbons (Fsp3) is 0.200. The third kappa shape index (κ3) is 1.94. The minimum absolute atomic E-state index is 0.369. The Kier molecular flexibility index (Phi) is 2.69. The van der Waals surface area contributed by atoms with E-state index in [4.69, 9.17) is 0 Å². The van der Waals surface area contributed by atoms with Crippen molar-refractivity contribution in [1.82, 2.24) is 0 Å². The topological polar surface area (TPSA) is 20.2 Å². The molecule has 2 aromatic rings. The van der Waals surface area contributed by atoms with Gasteiger partial charge in [-0.3, -0.25) is 0 Å². The second kappa shape index (κ2) is 4.01. The van der Waals surface area contributed by atoms with Gasteiger partial charge in [-0.2, -0.15) is 0 Å². The molecule has 0 spiro atoms. The molecule has 1 heteroatoms. The molecular weight excluding hydrogens is 196 g/mol. The van der Waals surface area contributed by atoms with Crippen molar-refractivity contribution in [2.45, 2.75) is 20.8 Å². The Morgan fingerprint density at radius 1 is 0.812 bits per heavy atom. The Balaban J connectivity index is 2.56. The summed E-state index contributed by atoms with van der Waals surface area (Å²) in [5.41, 5.74) is 5.67. The highest BCUT2D eigenvalue weighted by Crippen LogP contribution is 2.29. The third-order valence-electron chi connectivity index (χ3n) is 2.91. The zero-order valence-electron chi connectivity index (χ0n) is 9.91. The van der Waals surface area contributed by atoms with Crippen LogP contribution in [0.25, 0.3) is 11.1 Å². The third-order valence-corrected chi connectivity index (χ3v) is 2.91. The Morgan fingerprint density at radius 2 is 1.44 bits per heavy atom. The van der Waals surface area contributed by atoms with Crippen molar-refractivity contribution in [2.24, 2.45) is 0 Å². The molecule has 0 saturated carbocycles. The summed E-state index contributed by atoms with van der Waals surface area (Å²) in [6.45, 7) is 6.03. The molecule has 0 radical (unpaired) electrons. The summed E-state index contributed by atoms with van der Waals surface area (Å²) in [5, 5.41) is 9.62. The van der Waals surface area contributed by atoms with Crippen LogP contribution in [-0.2, 0) is 0 Å². The Hall–Kier alpha value is -1.76. The second-order valence-corrected chi connectivity index (χ2v) is 4.32. The van der Waals surface area contributed by atoms with Crippen LogP contribution >= 0.6 is 0 Å². The van der Waals surface area contributed by atoms with E-state index in [0.717, 1.165) is 11.1 Å². The van der Waals surface area contributed by atoms with Gasteiger partial charge in [0.05, 0.1) is 0 Å². The molecule has 0 heterocycles. The highest BCUT2D eigenvalue weighted by molar-refractivity contribution is 5.69. The smallest absolute Gasteiger partial charge is 0.118 e. The lowest BCUT2D eigenvalue weighted by molar-refractivity contribution is 0.471. The minimum Gasteiger partial charge on any atom is -0.508 e. The summed E-state index contributed by atoms with van der Waals surface area (Å²) in [7, 11) is 0. The van der Waals surface area contributed by atoms with Gasteiger partial charge >= 0.3 is 0 Å². The number of aromatic hydroxyl groups is 1. The average Bonchev–Trinajstić information content (AvgIpc) is 2.25. The predicted molar refractivity (Wildman–Crippen MR) is 67.8 cm³/mol. The molecule has 0 aromatic heterocycles. The van der Waals surface area contributed by atoms with Crippen molar-refractivity contribution < 1.29 is 5.11 Å². The molecule has 1 nitrogen and oxygen atoms in total. The molecule has 16 heavy (non-hydrogen) atoms. The standard InChI is InChI=1S/C15H16O/c1-10-4-6-13(7-5-10)14-8-12(3)15(16)9-11(14)2/h4-9,16H,1-3H3. The monoisotopic (exact) mass is 212 g/mol. The van der Waals surface area contributed by atoms with Crippen LogP contribution in [-0.4, -0.2) is 5.11 Å². The van der Waals surface area contributed by atoms with Gasteiger partial charge in [0.1, 0.15) is 5.75 Å². The fourth-order valence-corrected chi connectivity index (χ4v) is 1.85. The van der Waals surface area contributed by atoms with E-state index >= 15 is 0 Å². The number of hydrogen-bond acceptors (Lipinski definition) is 1. The molecule has 2 aromatic carbocycles. The van der Waals surface area contributed by atoms with Crippen LogP contribution in [0.3, 0.4) is 0 Å². The molecule has 0 fully saturated rings. The van der Waals surface area contributed by atoms with Crippen molar-refractivity contribution in [1.29, 1.82) is 0 Å². The van der Waals surface area contributed by atoms with E-state index in [1.165, 1.54) is 16.7 Å².